The standard InChI is InChI=1S/C7H14N2O3S/c1-2-3-13(11,12)9-6-4-7(10)8-5-6/h6,9H,2-5H2,1H3,(H,8,10). The van der Waals surface area contributed by atoms with E-state index in [2.05, 4.69) is 10.0 Å². The van der Waals surface area contributed by atoms with Crippen LogP contribution in [-0.4, -0.2) is 32.7 Å². The fraction of sp³-hybridized carbons (Fsp3) is 0.857. The van der Waals surface area contributed by atoms with Gasteiger partial charge in [0.05, 0.1) is 5.75 Å². The highest BCUT2D eigenvalue weighted by molar-refractivity contribution is 7.89. The molecule has 0 aliphatic carbocycles. The quantitative estimate of drug-likeness (QED) is 0.632. The average molecular weight is 206 g/mol. The molecule has 6 heteroatoms. The van der Waals surface area contributed by atoms with E-state index in [0.717, 1.165) is 0 Å². The van der Waals surface area contributed by atoms with Crippen LogP contribution in [0.2, 0.25) is 0 Å². The predicted molar refractivity (Wildman–Crippen MR) is 48.6 cm³/mol. The first kappa shape index (κ1) is 10.5. The summed E-state index contributed by atoms with van der Waals surface area (Å²) in [6.45, 7) is 2.21. The highest BCUT2D eigenvalue weighted by atomic mass is 32.2. The molecular formula is C7H14N2O3S. The second-order valence-corrected chi connectivity index (χ2v) is 5.02. The van der Waals surface area contributed by atoms with Crippen molar-refractivity contribution in [2.75, 3.05) is 12.3 Å². The molecule has 1 atom stereocenters. The number of amides is 1. The molecule has 2 N–H and O–H groups in total. The normalized spacial score (nSPS) is 23.2. The molecule has 0 radical (unpaired) electrons. The molecule has 1 unspecified atom stereocenters. The Balaban J connectivity index is 2.44. The van der Waals surface area contributed by atoms with Gasteiger partial charge in [0.15, 0.2) is 0 Å². The SMILES string of the molecule is CCCS(=O)(=O)NC1CNC(=O)C1. The topological polar surface area (TPSA) is 75.3 Å². The molecule has 0 aromatic heterocycles. The lowest BCUT2D eigenvalue weighted by Gasteiger charge is -2.09. The van der Waals surface area contributed by atoms with Crippen molar-refractivity contribution in [3.63, 3.8) is 0 Å². The molecule has 13 heavy (non-hydrogen) atoms. The zero-order valence-corrected chi connectivity index (χ0v) is 8.36. The van der Waals surface area contributed by atoms with Gasteiger partial charge >= 0.3 is 0 Å². The van der Waals surface area contributed by atoms with Gasteiger partial charge in [-0.05, 0) is 6.42 Å². The second-order valence-electron chi connectivity index (χ2n) is 3.14. The minimum atomic E-state index is -3.18. The predicted octanol–water partition coefficient (Wildman–Crippen LogP) is -0.796. The Morgan fingerprint density at radius 2 is 2.31 bits per heavy atom. The van der Waals surface area contributed by atoms with Crippen LogP contribution in [0.5, 0.6) is 0 Å². The molecule has 1 saturated heterocycles. The number of hydrogen-bond donors (Lipinski definition) is 2. The Hall–Kier alpha value is -0.620. The fourth-order valence-corrected chi connectivity index (χ4v) is 2.60. The van der Waals surface area contributed by atoms with Crippen LogP contribution < -0.4 is 10.0 Å². The van der Waals surface area contributed by atoms with E-state index in [9.17, 15) is 13.2 Å². The van der Waals surface area contributed by atoms with Gasteiger partial charge in [-0.3, -0.25) is 4.79 Å². The molecule has 1 rings (SSSR count). The molecular weight excluding hydrogens is 192 g/mol. The van der Waals surface area contributed by atoms with Crippen molar-refractivity contribution in [1.82, 2.24) is 10.0 Å². The van der Waals surface area contributed by atoms with Gasteiger partial charge in [0.1, 0.15) is 0 Å². The lowest BCUT2D eigenvalue weighted by atomic mass is 10.3. The first-order valence-corrected chi connectivity index (χ1v) is 5.95. The Bertz CT molecular complexity index is 286. The van der Waals surface area contributed by atoms with Gasteiger partial charge in [-0.2, -0.15) is 0 Å². The van der Waals surface area contributed by atoms with Crippen LogP contribution in [0.25, 0.3) is 0 Å². The number of sulfonamides is 1. The molecule has 0 saturated carbocycles. The van der Waals surface area contributed by atoms with Crippen LogP contribution >= 0.6 is 0 Å². The summed E-state index contributed by atoms with van der Waals surface area (Å²) < 4.78 is 25.0. The van der Waals surface area contributed by atoms with Gasteiger partial charge in [-0.1, -0.05) is 6.92 Å². The van der Waals surface area contributed by atoms with E-state index in [1.54, 1.807) is 6.92 Å². The van der Waals surface area contributed by atoms with E-state index >= 15 is 0 Å². The second kappa shape index (κ2) is 4.06. The summed E-state index contributed by atoms with van der Waals surface area (Å²) in [7, 11) is -3.18. The smallest absolute Gasteiger partial charge is 0.221 e. The molecule has 0 spiro atoms. The molecule has 1 aliphatic rings. The highest BCUT2D eigenvalue weighted by Gasteiger charge is 2.25. The summed E-state index contributed by atoms with van der Waals surface area (Å²) >= 11 is 0. The van der Waals surface area contributed by atoms with Gasteiger partial charge in [-0.25, -0.2) is 13.1 Å². The van der Waals surface area contributed by atoms with E-state index in [0.29, 0.717) is 13.0 Å². The van der Waals surface area contributed by atoms with Crippen molar-refractivity contribution >= 4 is 15.9 Å². The number of nitrogens with one attached hydrogen (secondary N) is 2. The minimum absolute atomic E-state index is 0.0933. The molecule has 0 aromatic rings. The van der Waals surface area contributed by atoms with Gasteiger partial charge in [0.25, 0.3) is 0 Å². The maximum atomic E-state index is 11.2. The third-order valence-corrected chi connectivity index (χ3v) is 3.43. The molecule has 1 heterocycles. The Labute approximate surface area is 77.9 Å². The Kier molecular flexibility index (Phi) is 3.27. The molecule has 0 aromatic carbocycles. The van der Waals surface area contributed by atoms with Crippen LogP contribution in [0.4, 0.5) is 0 Å². The first-order chi connectivity index (χ1) is 6.03. The van der Waals surface area contributed by atoms with Crippen LogP contribution in [-0.2, 0) is 14.8 Å². The largest absolute Gasteiger partial charge is 0.354 e. The van der Waals surface area contributed by atoms with E-state index in [4.69, 9.17) is 0 Å². The zero-order valence-electron chi connectivity index (χ0n) is 7.54. The summed E-state index contributed by atoms with van der Waals surface area (Å²) in [6.07, 6.45) is 0.840. The van der Waals surface area contributed by atoms with Crippen LogP contribution in [0.1, 0.15) is 19.8 Å². The first-order valence-electron chi connectivity index (χ1n) is 4.30. The third-order valence-electron chi connectivity index (χ3n) is 1.80. The van der Waals surface area contributed by atoms with E-state index in [-0.39, 0.29) is 24.1 Å². The highest BCUT2D eigenvalue weighted by Crippen LogP contribution is 2.01. The monoisotopic (exact) mass is 206 g/mol. The lowest BCUT2D eigenvalue weighted by Crippen LogP contribution is -2.37. The summed E-state index contributed by atoms with van der Waals surface area (Å²) in [5, 5.41) is 2.57. The maximum absolute atomic E-state index is 11.2. The van der Waals surface area contributed by atoms with Crippen molar-refractivity contribution in [3.05, 3.63) is 0 Å². The molecule has 1 aliphatic heterocycles. The lowest BCUT2D eigenvalue weighted by molar-refractivity contribution is -0.119. The van der Waals surface area contributed by atoms with Gasteiger partial charge < -0.3 is 5.32 Å². The molecule has 1 fully saturated rings. The maximum Gasteiger partial charge on any atom is 0.221 e. The van der Waals surface area contributed by atoms with Gasteiger partial charge in [0, 0.05) is 19.0 Å². The molecule has 76 valence electrons. The summed E-state index contributed by atoms with van der Waals surface area (Å²) in [5.74, 6) is 0.0294. The van der Waals surface area contributed by atoms with E-state index in [1.165, 1.54) is 0 Å². The summed E-state index contributed by atoms with van der Waals surface area (Å²) in [6, 6.07) is -0.260. The zero-order chi connectivity index (χ0) is 9.90. The van der Waals surface area contributed by atoms with Crippen LogP contribution in [0, 0.1) is 0 Å². The molecule has 1 amide bonds. The number of carbonyl (C=O) groups is 1. The molecule has 5 nitrogen and oxygen atoms in total. The minimum Gasteiger partial charge on any atom is -0.354 e. The van der Waals surface area contributed by atoms with Gasteiger partial charge in [-0.15, -0.1) is 0 Å². The molecule has 0 bridgehead atoms. The van der Waals surface area contributed by atoms with E-state index < -0.39 is 10.0 Å². The van der Waals surface area contributed by atoms with Crippen molar-refractivity contribution in [2.24, 2.45) is 0 Å². The van der Waals surface area contributed by atoms with Crippen LogP contribution in [0.3, 0.4) is 0 Å². The van der Waals surface area contributed by atoms with Crippen molar-refractivity contribution < 1.29 is 13.2 Å². The summed E-state index contributed by atoms with van der Waals surface area (Å²) in [4.78, 5) is 10.8. The summed E-state index contributed by atoms with van der Waals surface area (Å²) in [5.41, 5.74) is 0. The van der Waals surface area contributed by atoms with Crippen LogP contribution in [0.15, 0.2) is 0 Å². The Morgan fingerprint density at radius 3 is 2.77 bits per heavy atom. The average Bonchev–Trinajstić information content (AvgIpc) is 2.34. The Morgan fingerprint density at radius 1 is 1.62 bits per heavy atom. The number of rotatable bonds is 4. The van der Waals surface area contributed by atoms with Crippen molar-refractivity contribution in [2.45, 2.75) is 25.8 Å². The van der Waals surface area contributed by atoms with Gasteiger partial charge in [0.2, 0.25) is 15.9 Å². The number of hydrogen-bond acceptors (Lipinski definition) is 3. The fourth-order valence-electron chi connectivity index (χ4n) is 1.27. The third kappa shape index (κ3) is 3.31. The van der Waals surface area contributed by atoms with Crippen molar-refractivity contribution in [3.8, 4) is 0 Å². The van der Waals surface area contributed by atoms with E-state index in [1.807, 2.05) is 0 Å². The number of carbonyl (C=O) groups excluding carboxylic acids is 1. The van der Waals surface area contributed by atoms with Crippen molar-refractivity contribution in [1.29, 1.82) is 0 Å².